The molecule has 0 fully saturated rings. The topological polar surface area (TPSA) is 50.9 Å². The van der Waals surface area contributed by atoms with Gasteiger partial charge in [-0.05, 0) is 25.0 Å². The first-order valence-corrected chi connectivity index (χ1v) is 4.20. The Hall–Kier alpha value is -1.25. The van der Waals surface area contributed by atoms with Gasteiger partial charge in [0.15, 0.2) is 0 Å². The Labute approximate surface area is 73.0 Å². The molecule has 0 radical (unpaired) electrons. The number of nitrogens with one attached hydrogen (secondary N) is 1. The Bertz CT molecular complexity index is 258. The van der Waals surface area contributed by atoms with Crippen molar-refractivity contribution in [1.82, 2.24) is 4.98 Å². The number of pyridine rings is 1. The first-order valence-electron chi connectivity index (χ1n) is 4.20. The normalized spacial score (nSPS) is 9.83. The van der Waals surface area contributed by atoms with Crippen LogP contribution < -0.4 is 11.1 Å². The fraction of sp³-hybridized carbons (Fsp3) is 0.444. The summed E-state index contributed by atoms with van der Waals surface area (Å²) < 4.78 is 0. The molecule has 66 valence electrons. The summed E-state index contributed by atoms with van der Waals surface area (Å²) in [6.07, 6.45) is 2.86. The van der Waals surface area contributed by atoms with Crippen LogP contribution in [0, 0.1) is 6.92 Å². The summed E-state index contributed by atoms with van der Waals surface area (Å²) in [5, 5.41) is 3.22. The summed E-state index contributed by atoms with van der Waals surface area (Å²) in [6, 6.07) is 2.01. The van der Waals surface area contributed by atoms with E-state index in [0.29, 0.717) is 5.82 Å². The van der Waals surface area contributed by atoms with Crippen molar-refractivity contribution in [2.75, 3.05) is 17.6 Å². The zero-order chi connectivity index (χ0) is 8.97. The van der Waals surface area contributed by atoms with Crippen LogP contribution in [0.2, 0.25) is 0 Å². The van der Waals surface area contributed by atoms with Crippen LogP contribution >= 0.6 is 0 Å². The number of nitrogens with zero attached hydrogens (tertiary/aromatic N) is 1. The maximum absolute atomic E-state index is 5.66. The molecule has 0 aromatic carbocycles. The first kappa shape index (κ1) is 8.84. The predicted octanol–water partition coefficient (Wildman–Crippen LogP) is 1.79. The maximum Gasteiger partial charge on any atom is 0.146 e. The zero-order valence-electron chi connectivity index (χ0n) is 7.59. The van der Waals surface area contributed by atoms with Crippen molar-refractivity contribution >= 4 is 11.5 Å². The van der Waals surface area contributed by atoms with Gasteiger partial charge in [-0.2, -0.15) is 0 Å². The minimum atomic E-state index is 0.578. The van der Waals surface area contributed by atoms with E-state index in [1.54, 1.807) is 6.20 Å². The third-order valence-electron chi connectivity index (χ3n) is 1.62. The summed E-state index contributed by atoms with van der Waals surface area (Å²) in [7, 11) is 0. The Morgan fingerprint density at radius 1 is 1.58 bits per heavy atom. The van der Waals surface area contributed by atoms with Crippen molar-refractivity contribution in [3.05, 3.63) is 17.8 Å². The van der Waals surface area contributed by atoms with Crippen LogP contribution in [-0.4, -0.2) is 11.5 Å². The van der Waals surface area contributed by atoms with Gasteiger partial charge in [0.05, 0.1) is 5.69 Å². The molecule has 0 saturated carbocycles. The lowest BCUT2D eigenvalue weighted by atomic mass is 10.3. The van der Waals surface area contributed by atoms with E-state index in [0.717, 1.165) is 24.2 Å². The number of hydrogen-bond acceptors (Lipinski definition) is 3. The molecule has 0 unspecified atom stereocenters. The summed E-state index contributed by atoms with van der Waals surface area (Å²) in [6.45, 7) is 5.06. The Balaban J connectivity index is 2.75. The number of rotatable bonds is 3. The smallest absolute Gasteiger partial charge is 0.146 e. The van der Waals surface area contributed by atoms with Crippen molar-refractivity contribution < 1.29 is 0 Å². The van der Waals surface area contributed by atoms with E-state index in [-0.39, 0.29) is 0 Å². The van der Waals surface area contributed by atoms with Crippen molar-refractivity contribution in [3.63, 3.8) is 0 Å². The quantitative estimate of drug-likeness (QED) is 0.718. The molecule has 0 atom stereocenters. The highest BCUT2D eigenvalue weighted by atomic mass is 14.9. The predicted molar refractivity (Wildman–Crippen MR) is 52.2 cm³/mol. The van der Waals surface area contributed by atoms with Gasteiger partial charge in [0.2, 0.25) is 0 Å². The van der Waals surface area contributed by atoms with E-state index in [1.165, 1.54) is 0 Å². The van der Waals surface area contributed by atoms with E-state index in [4.69, 9.17) is 5.73 Å². The second-order valence-corrected chi connectivity index (χ2v) is 2.87. The van der Waals surface area contributed by atoms with Crippen LogP contribution in [0.3, 0.4) is 0 Å². The van der Waals surface area contributed by atoms with Crippen molar-refractivity contribution in [3.8, 4) is 0 Å². The van der Waals surface area contributed by atoms with Gasteiger partial charge in [-0.3, -0.25) is 0 Å². The fourth-order valence-corrected chi connectivity index (χ4v) is 0.981. The second kappa shape index (κ2) is 3.95. The minimum absolute atomic E-state index is 0.578. The standard InChI is InChI=1S/C9H15N3/c1-3-4-11-8-5-7(2)6-12-9(8)10/h5-6,11H,3-4H2,1-2H3,(H2,10,12). The van der Waals surface area contributed by atoms with Gasteiger partial charge < -0.3 is 11.1 Å². The van der Waals surface area contributed by atoms with Gasteiger partial charge >= 0.3 is 0 Å². The molecule has 1 aromatic heterocycles. The van der Waals surface area contributed by atoms with Crippen LogP contribution in [-0.2, 0) is 0 Å². The molecule has 3 nitrogen and oxygen atoms in total. The summed E-state index contributed by atoms with van der Waals surface area (Å²) in [5.74, 6) is 0.578. The van der Waals surface area contributed by atoms with Gasteiger partial charge in [0, 0.05) is 12.7 Å². The highest BCUT2D eigenvalue weighted by molar-refractivity contribution is 5.62. The lowest BCUT2D eigenvalue weighted by molar-refractivity contribution is 0.978. The Kier molecular flexibility index (Phi) is 2.91. The van der Waals surface area contributed by atoms with Crippen LogP contribution in [0.4, 0.5) is 11.5 Å². The molecule has 0 aliphatic carbocycles. The highest BCUT2D eigenvalue weighted by Crippen LogP contribution is 2.15. The minimum Gasteiger partial charge on any atom is -0.382 e. The first-order chi connectivity index (χ1) is 5.74. The molecule has 3 N–H and O–H groups in total. The van der Waals surface area contributed by atoms with Gasteiger partial charge in [-0.25, -0.2) is 4.98 Å². The van der Waals surface area contributed by atoms with Crippen LogP contribution in [0.25, 0.3) is 0 Å². The molecule has 12 heavy (non-hydrogen) atoms. The number of anilines is 2. The molecule has 0 bridgehead atoms. The third-order valence-corrected chi connectivity index (χ3v) is 1.62. The van der Waals surface area contributed by atoms with E-state index in [2.05, 4.69) is 17.2 Å². The highest BCUT2D eigenvalue weighted by Gasteiger charge is 1.97. The van der Waals surface area contributed by atoms with Gasteiger partial charge in [-0.15, -0.1) is 0 Å². The van der Waals surface area contributed by atoms with Gasteiger partial charge in [0.1, 0.15) is 5.82 Å². The Morgan fingerprint density at radius 2 is 2.33 bits per heavy atom. The molecule has 0 saturated heterocycles. The fourth-order valence-electron chi connectivity index (χ4n) is 0.981. The summed E-state index contributed by atoms with van der Waals surface area (Å²) >= 11 is 0. The maximum atomic E-state index is 5.66. The monoisotopic (exact) mass is 165 g/mol. The number of aryl methyl sites for hydroxylation is 1. The summed E-state index contributed by atoms with van der Waals surface area (Å²) in [4.78, 5) is 4.05. The molecule has 0 spiro atoms. The van der Waals surface area contributed by atoms with Gasteiger partial charge in [-0.1, -0.05) is 6.92 Å². The van der Waals surface area contributed by atoms with E-state index >= 15 is 0 Å². The van der Waals surface area contributed by atoms with Crippen LogP contribution in [0.1, 0.15) is 18.9 Å². The largest absolute Gasteiger partial charge is 0.382 e. The molecular formula is C9H15N3. The molecule has 0 aliphatic rings. The van der Waals surface area contributed by atoms with Crippen LogP contribution in [0.15, 0.2) is 12.3 Å². The average Bonchev–Trinajstić information content (AvgIpc) is 2.07. The molecule has 1 aromatic rings. The molecule has 1 rings (SSSR count). The van der Waals surface area contributed by atoms with Crippen molar-refractivity contribution in [2.45, 2.75) is 20.3 Å². The molecular weight excluding hydrogens is 150 g/mol. The zero-order valence-corrected chi connectivity index (χ0v) is 7.59. The molecule has 3 heteroatoms. The van der Waals surface area contributed by atoms with Gasteiger partial charge in [0.25, 0.3) is 0 Å². The molecule has 0 amide bonds. The second-order valence-electron chi connectivity index (χ2n) is 2.87. The average molecular weight is 165 g/mol. The lowest BCUT2D eigenvalue weighted by Gasteiger charge is -2.07. The lowest BCUT2D eigenvalue weighted by Crippen LogP contribution is -2.04. The number of hydrogen-bond donors (Lipinski definition) is 2. The van der Waals surface area contributed by atoms with Crippen molar-refractivity contribution in [2.24, 2.45) is 0 Å². The van der Waals surface area contributed by atoms with Crippen molar-refractivity contribution in [1.29, 1.82) is 0 Å². The van der Waals surface area contributed by atoms with Crippen LogP contribution in [0.5, 0.6) is 0 Å². The number of nitrogen functional groups attached to an aromatic ring is 1. The van der Waals surface area contributed by atoms with E-state index in [1.807, 2.05) is 13.0 Å². The van der Waals surface area contributed by atoms with E-state index in [9.17, 15) is 0 Å². The molecule has 1 heterocycles. The summed E-state index contributed by atoms with van der Waals surface area (Å²) in [5.41, 5.74) is 7.73. The Morgan fingerprint density at radius 3 is 3.00 bits per heavy atom. The van der Waals surface area contributed by atoms with E-state index < -0.39 is 0 Å². The number of nitrogens with two attached hydrogens (primary N) is 1. The molecule has 0 aliphatic heterocycles. The SMILES string of the molecule is CCCNc1cc(C)cnc1N. The number of aromatic nitrogens is 1. The third kappa shape index (κ3) is 2.12.